The van der Waals surface area contributed by atoms with Crippen molar-refractivity contribution in [3.05, 3.63) is 30.0 Å². The highest BCUT2D eigenvalue weighted by Crippen LogP contribution is 2.42. The normalized spacial score (nSPS) is 22.1. The number of ketones is 1. The molecule has 0 radical (unpaired) electrons. The first-order valence-corrected chi connectivity index (χ1v) is 13.8. The molecule has 2 fully saturated rings. The van der Waals surface area contributed by atoms with E-state index in [1.54, 1.807) is 24.4 Å². The quantitative estimate of drug-likeness (QED) is 0.389. The number of nitrogens with two attached hydrogens (primary N) is 1. The highest BCUT2D eigenvalue weighted by Gasteiger charge is 2.49. The number of benzene rings is 1. The molecule has 5 rings (SSSR count). The van der Waals surface area contributed by atoms with Gasteiger partial charge in [0.1, 0.15) is 15.6 Å². The van der Waals surface area contributed by atoms with E-state index in [-0.39, 0.29) is 22.0 Å². The molecular formula is C24H30N6O4S2. The molecule has 36 heavy (non-hydrogen) atoms. The number of Topliss-reactive ketones (excluding diaryl/α,β-unsaturated/α-hetero) is 1. The molecule has 4 N–H and O–H groups in total. The number of carbonyl (C=O) groups is 2. The number of anilines is 3. The van der Waals surface area contributed by atoms with Gasteiger partial charge in [-0.05, 0) is 45.7 Å². The zero-order valence-corrected chi connectivity index (χ0v) is 22.1. The molecule has 2 atom stereocenters. The largest absolute Gasteiger partial charge is 0.598 e. The fourth-order valence-corrected chi connectivity index (χ4v) is 6.61. The molecule has 4 heterocycles. The SMILES string of the molecule is CC(C)(C)[S+]([O-])N[C@@H]1COCC12CCN(c1cnc(Sc3cccc4c3C(=O)C(=O)N4)c(N)n1)CC2. The van der Waals surface area contributed by atoms with E-state index >= 15 is 0 Å². The van der Waals surface area contributed by atoms with Crippen molar-refractivity contribution < 1.29 is 18.9 Å². The number of nitrogens with zero attached hydrogens (tertiary/aromatic N) is 3. The summed E-state index contributed by atoms with van der Waals surface area (Å²) < 4.78 is 21.5. The third-order valence-corrected chi connectivity index (χ3v) is 9.65. The second-order valence-electron chi connectivity index (χ2n) is 10.4. The number of fused-ring (bicyclic) bond motifs is 1. The monoisotopic (exact) mass is 530 g/mol. The summed E-state index contributed by atoms with van der Waals surface area (Å²) in [6.07, 6.45) is 3.45. The Balaban J connectivity index is 1.26. The van der Waals surface area contributed by atoms with Crippen LogP contribution < -0.4 is 20.7 Å². The highest BCUT2D eigenvalue weighted by molar-refractivity contribution is 7.99. The number of rotatable bonds is 5. The first-order chi connectivity index (χ1) is 17.1. The Kier molecular flexibility index (Phi) is 6.66. The van der Waals surface area contributed by atoms with Crippen LogP contribution in [0.25, 0.3) is 0 Å². The molecule has 3 aliphatic heterocycles. The van der Waals surface area contributed by atoms with Gasteiger partial charge < -0.3 is 25.2 Å². The van der Waals surface area contributed by atoms with Crippen LogP contribution in [0.15, 0.2) is 34.3 Å². The molecular weight excluding hydrogens is 500 g/mol. The lowest BCUT2D eigenvalue weighted by Crippen LogP contribution is -2.55. The van der Waals surface area contributed by atoms with Crippen LogP contribution in [-0.2, 0) is 20.9 Å². The van der Waals surface area contributed by atoms with Crippen molar-refractivity contribution in [2.24, 2.45) is 5.41 Å². The van der Waals surface area contributed by atoms with Crippen molar-refractivity contribution in [2.45, 2.75) is 54.3 Å². The number of hydrogen-bond acceptors (Lipinski definition) is 10. The summed E-state index contributed by atoms with van der Waals surface area (Å²) in [7, 11) is 0. The van der Waals surface area contributed by atoms with Gasteiger partial charge in [-0.15, -0.1) is 4.72 Å². The second kappa shape index (κ2) is 9.49. The molecule has 10 nitrogen and oxygen atoms in total. The minimum absolute atomic E-state index is 0.0475. The Morgan fingerprint density at radius 1 is 1.31 bits per heavy atom. The second-order valence-corrected chi connectivity index (χ2v) is 13.4. The van der Waals surface area contributed by atoms with E-state index in [1.807, 2.05) is 20.8 Å². The Hall–Kier alpha value is -2.38. The summed E-state index contributed by atoms with van der Waals surface area (Å²) >= 11 is 0.0648. The van der Waals surface area contributed by atoms with Crippen molar-refractivity contribution >= 4 is 52.1 Å². The van der Waals surface area contributed by atoms with E-state index in [1.165, 1.54) is 11.8 Å². The molecule has 0 aliphatic carbocycles. The maximum absolute atomic E-state index is 12.7. The van der Waals surface area contributed by atoms with Gasteiger partial charge in [-0.25, -0.2) is 9.97 Å². The summed E-state index contributed by atoms with van der Waals surface area (Å²) in [5.74, 6) is -0.234. The minimum atomic E-state index is -1.16. The van der Waals surface area contributed by atoms with Crippen molar-refractivity contribution in [3.8, 4) is 0 Å². The van der Waals surface area contributed by atoms with Gasteiger partial charge in [0.25, 0.3) is 11.7 Å². The van der Waals surface area contributed by atoms with Gasteiger partial charge >= 0.3 is 0 Å². The number of hydrogen-bond donors (Lipinski definition) is 3. The van der Waals surface area contributed by atoms with Crippen LogP contribution in [0.2, 0.25) is 0 Å². The topological polar surface area (TPSA) is 146 Å². The van der Waals surface area contributed by atoms with Crippen LogP contribution in [0.5, 0.6) is 0 Å². The van der Waals surface area contributed by atoms with Crippen LogP contribution in [0, 0.1) is 5.41 Å². The van der Waals surface area contributed by atoms with Gasteiger partial charge in [0, 0.05) is 34.8 Å². The predicted octanol–water partition coefficient (Wildman–Crippen LogP) is 2.38. The number of carbonyl (C=O) groups excluding carboxylic acids is 2. The maximum Gasteiger partial charge on any atom is 0.296 e. The number of nitrogens with one attached hydrogen (secondary N) is 2. The fourth-order valence-electron chi connectivity index (χ4n) is 4.76. The van der Waals surface area contributed by atoms with E-state index in [9.17, 15) is 14.1 Å². The molecule has 2 saturated heterocycles. The Morgan fingerprint density at radius 2 is 2.06 bits per heavy atom. The number of aromatic nitrogens is 2. The van der Waals surface area contributed by atoms with Crippen LogP contribution in [0.3, 0.4) is 0 Å². The van der Waals surface area contributed by atoms with Gasteiger partial charge in [0.2, 0.25) is 0 Å². The number of amides is 1. The first-order valence-electron chi connectivity index (χ1n) is 11.9. The van der Waals surface area contributed by atoms with Crippen LogP contribution in [0.1, 0.15) is 44.0 Å². The zero-order valence-electron chi connectivity index (χ0n) is 20.5. The van der Waals surface area contributed by atoms with E-state index < -0.39 is 23.1 Å². The van der Waals surface area contributed by atoms with Gasteiger partial charge in [0.15, 0.2) is 5.82 Å². The number of nitrogen functional groups attached to an aromatic ring is 1. The average Bonchev–Trinajstić information content (AvgIpc) is 3.35. The third kappa shape index (κ3) is 4.68. The summed E-state index contributed by atoms with van der Waals surface area (Å²) in [6.45, 7) is 8.63. The molecule has 1 unspecified atom stereocenters. The standard InChI is InChI=1S/C24H30N6O4S2/c1-23(2,3)36(33)29-16-12-34-13-24(16)7-9-30(10-8-24)17-11-26-22(20(25)28-17)35-15-6-4-5-14-18(15)19(31)21(32)27-14/h4-6,11,16,29H,7-10,12-13H2,1-3H3,(H2,25,28)(H,27,31,32)/t16-,36?/m1/s1. The Labute approximate surface area is 217 Å². The fraction of sp³-hybridized carbons (Fsp3) is 0.500. The lowest BCUT2D eigenvalue weighted by Gasteiger charge is -2.42. The lowest BCUT2D eigenvalue weighted by atomic mass is 9.75. The van der Waals surface area contributed by atoms with Crippen LogP contribution in [-0.4, -0.2) is 63.3 Å². The molecule has 0 saturated carbocycles. The Bertz CT molecular complexity index is 1200. The molecule has 192 valence electrons. The summed E-state index contributed by atoms with van der Waals surface area (Å²) in [4.78, 5) is 35.9. The zero-order chi connectivity index (χ0) is 25.7. The van der Waals surface area contributed by atoms with E-state index in [0.717, 1.165) is 25.9 Å². The van der Waals surface area contributed by atoms with Crippen molar-refractivity contribution in [2.75, 3.05) is 42.3 Å². The summed E-state index contributed by atoms with van der Waals surface area (Å²) in [5.41, 5.74) is 7.04. The molecule has 1 amide bonds. The van der Waals surface area contributed by atoms with E-state index in [4.69, 9.17) is 10.5 Å². The molecule has 2 aromatic rings. The summed E-state index contributed by atoms with van der Waals surface area (Å²) in [5, 5.41) is 3.05. The molecule has 1 spiro atoms. The van der Waals surface area contributed by atoms with Gasteiger partial charge in [-0.2, -0.15) is 0 Å². The molecule has 1 aromatic heterocycles. The molecule has 3 aliphatic rings. The minimum Gasteiger partial charge on any atom is -0.598 e. The molecule has 1 aromatic carbocycles. The number of ether oxygens (including phenoxy) is 1. The van der Waals surface area contributed by atoms with Gasteiger partial charge in [0.05, 0.1) is 36.7 Å². The van der Waals surface area contributed by atoms with Crippen molar-refractivity contribution in [1.29, 1.82) is 0 Å². The third-order valence-electron chi connectivity index (χ3n) is 6.97. The van der Waals surface area contributed by atoms with Crippen LogP contribution in [0.4, 0.5) is 17.3 Å². The molecule has 12 heteroatoms. The highest BCUT2D eigenvalue weighted by atomic mass is 32.2. The lowest BCUT2D eigenvalue weighted by molar-refractivity contribution is -0.112. The maximum atomic E-state index is 12.7. The predicted molar refractivity (Wildman–Crippen MR) is 139 cm³/mol. The summed E-state index contributed by atoms with van der Waals surface area (Å²) in [6, 6.07) is 5.28. The smallest absolute Gasteiger partial charge is 0.296 e. The van der Waals surface area contributed by atoms with E-state index in [2.05, 4.69) is 24.9 Å². The van der Waals surface area contributed by atoms with E-state index in [0.29, 0.717) is 40.2 Å². The van der Waals surface area contributed by atoms with Crippen molar-refractivity contribution in [1.82, 2.24) is 14.7 Å². The van der Waals surface area contributed by atoms with Crippen molar-refractivity contribution in [3.63, 3.8) is 0 Å². The first kappa shape index (κ1) is 25.3. The van der Waals surface area contributed by atoms with Crippen LogP contribution >= 0.6 is 11.8 Å². The van der Waals surface area contributed by atoms with Gasteiger partial charge in [-0.3, -0.25) is 9.59 Å². The Morgan fingerprint density at radius 3 is 2.75 bits per heavy atom. The average molecular weight is 531 g/mol. The van der Waals surface area contributed by atoms with Gasteiger partial charge in [-0.1, -0.05) is 17.8 Å². The molecule has 0 bridgehead atoms. The number of piperidine rings is 1.